The Hall–Kier alpha value is -1.03. The van der Waals surface area contributed by atoms with Crippen molar-refractivity contribution in [3.63, 3.8) is 0 Å². The summed E-state index contributed by atoms with van der Waals surface area (Å²) in [5.41, 5.74) is 1.09. The number of methoxy groups -OCH3 is 1. The predicted octanol–water partition coefficient (Wildman–Crippen LogP) is 1.41. The molecule has 1 aliphatic rings. The highest BCUT2D eigenvalue weighted by Crippen LogP contribution is 2.17. The van der Waals surface area contributed by atoms with Crippen LogP contribution in [0.5, 0.6) is 5.75 Å². The lowest BCUT2D eigenvalue weighted by atomic mass is 10.1. The SMILES string of the molecule is CN=C(NCc1cccc(OC)c1)NCC1CCS(=O)(=O)C1.I. The van der Waals surface area contributed by atoms with Crippen molar-refractivity contribution in [2.45, 2.75) is 13.0 Å². The van der Waals surface area contributed by atoms with Gasteiger partial charge in [-0.1, -0.05) is 12.1 Å². The van der Waals surface area contributed by atoms with E-state index in [2.05, 4.69) is 15.6 Å². The highest BCUT2D eigenvalue weighted by atomic mass is 127. The molecule has 0 aromatic heterocycles. The Morgan fingerprint density at radius 2 is 2.17 bits per heavy atom. The van der Waals surface area contributed by atoms with Gasteiger partial charge in [0.05, 0.1) is 18.6 Å². The van der Waals surface area contributed by atoms with Crippen molar-refractivity contribution in [2.75, 3.05) is 32.2 Å². The molecule has 0 saturated carbocycles. The zero-order chi connectivity index (χ0) is 16.0. The molecule has 0 amide bonds. The molecule has 1 aromatic rings. The van der Waals surface area contributed by atoms with Crippen molar-refractivity contribution < 1.29 is 13.2 Å². The molecule has 8 heteroatoms. The van der Waals surface area contributed by atoms with Gasteiger partial charge in [-0.2, -0.15) is 0 Å². The quantitative estimate of drug-likeness (QED) is 0.401. The summed E-state index contributed by atoms with van der Waals surface area (Å²) in [5.74, 6) is 2.23. The third kappa shape index (κ3) is 6.54. The number of halogens is 1. The Kier molecular flexibility index (Phi) is 8.10. The van der Waals surface area contributed by atoms with E-state index < -0.39 is 9.84 Å². The minimum atomic E-state index is -2.83. The second-order valence-corrected chi connectivity index (χ2v) is 7.66. The van der Waals surface area contributed by atoms with Gasteiger partial charge in [-0.05, 0) is 30.0 Å². The van der Waals surface area contributed by atoms with Crippen molar-refractivity contribution in [3.8, 4) is 5.75 Å². The highest BCUT2D eigenvalue weighted by Gasteiger charge is 2.27. The number of hydrogen-bond acceptors (Lipinski definition) is 4. The lowest BCUT2D eigenvalue weighted by Gasteiger charge is -2.14. The number of guanidine groups is 1. The molecule has 1 unspecified atom stereocenters. The van der Waals surface area contributed by atoms with E-state index in [1.54, 1.807) is 14.2 Å². The van der Waals surface area contributed by atoms with Gasteiger partial charge in [0.15, 0.2) is 15.8 Å². The van der Waals surface area contributed by atoms with E-state index in [0.29, 0.717) is 24.8 Å². The fraction of sp³-hybridized carbons (Fsp3) is 0.533. The largest absolute Gasteiger partial charge is 0.497 e. The lowest BCUT2D eigenvalue weighted by molar-refractivity contribution is 0.414. The molecule has 23 heavy (non-hydrogen) atoms. The Morgan fingerprint density at radius 3 is 2.78 bits per heavy atom. The number of hydrogen-bond donors (Lipinski definition) is 2. The molecular weight excluding hydrogens is 429 g/mol. The van der Waals surface area contributed by atoms with Gasteiger partial charge in [0.1, 0.15) is 5.75 Å². The molecule has 1 saturated heterocycles. The van der Waals surface area contributed by atoms with Gasteiger partial charge in [-0.3, -0.25) is 4.99 Å². The molecule has 1 heterocycles. The first-order chi connectivity index (χ1) is 10.5. The Morgan fingerprint density at radius 1 is 1.39 bits per heavy atom. The van der Waals surface area contributed by atoms with Gasteiger partial charge in [0.25, 0.3) is 0 Å². The van der Waals surface area contributed by atoms with Crippen LogP contribution in [0.25, 0.3) is 0 Å². The Balaban J connectivity index is 0.00000264. The molecule has 0 aliphatic carbocycles. The molecule has 2 N–H and O–H groups in total. The van der Waals surface area contributed by atoms with Crippen molar-refractivity contribution in [3.05, 3.63) is 29.8 Å². The maximum atomic E-state index is 11.4. The average Bonchev–Trinajstić information content (AvgIpc) is 2.87. The number of aliphatic imine (C=N–C) groups is 1. The summed E-state index contributed by atoms with van der Waals surface area (Å²) in [5, 5.41) is 6.41. The third-order valence-electron chi connectivity index (χ3n) is 3.70. The van der Waals surface area contributed by atoms with Crippen molar-refractivity contribution >= 4 is 39.8 Å². The first-order valence-electron chi connectivity index (χ1n) is 7.30. The summed E-state index contributed by atoms with van der Waals surface area (Å²) in [6.07, 6.45) is 0.724. The number of ether oxygens (including phenoxy) is 1. The normalized spacial score (nSPS) is 19.7. The molecule has 0 bridgehead atoms. The molecule has 1 fully saturated rings. The maximum Gasteiger partial charge on any atom is 0.191 e. The Labute approximate surface area is 155 Å². The smallest absolute Gasteiger partial charge is 0.191 e. The van der Waals surface area contributed by atoms with Crippen LogP contribution in [-0.4, -0.2) is 46.6 Å². The number of nitrogens with zero attached hydrogens (tertiary/aromatic N) is 1. The number of benzene rings is 1. The van der Waals surface area contributed by atoms with Crippen LogP contribution in [0.15, 0.2) is 29.3 Å². The zero-order valence-electron chi connectivity index (χ0n) is 13.4. The number of sulfone groups is 1. The monoisotopic (exact) mass is 453 g/mol. The van der Waals surface area contributed by atoms with Crippen molar-refractivity contribution in [1.82, 2.24) is 10.6 Å². The first-order valence-corrected chi connectivity index (χ1v) is 9.12. The van der Waals surface area contributed by atoms with Gasteiger partial charge in [0.2, 0.25) is 0 Å². The number of rotatable bonds is 5. The summed E-state index contributed by atoms with van der Waals surface area (Å²) >= 11 is 0. The van der Waals surface area contributed by atoms with Gasteiger partial charge in [0, 0.05) is 20.1 Å². The van der Waals surface area contributed by atoms with Gasteiger partial charge in [-0.15, -0.1) is 24.0 Å². The van der Waals surface area contributed by atoms with Gasteiger partial charge >= 0.3 is 0 Å². The molecular formula is C15H24IN3O3S. The maximum absolute atomic E-state index is 11.4. The van der Waals surface area contributed by atoms with Gasteiger partial charge in [-0.25, -0.2) is 8.42 Å². The standard InChI is InChI=1S/C15H23N3O3S.HI/c1-16-15(18-10-13-6-7-22(19,20)11-13)17-9-12-4-3-5-14(8-12)21-2;/h3-5,8,13H,6-7,9-11H2,1-2H3,(H2,16,17,18);1H. The molecule has 1 aliphatic heterocycles. The second-order valence-electron chi connectivity index (χ2n) is 5.43. The zero-order valence-corrected chi connectivity index (χ0v) is 16.6. The molecule has 130 valence electrons. The summed E-state index contributed by atoms with van der Waals surface area (Å²) in [7, 11) is 0.515. The second kappa shape index (κ2) is 9.31. The van der Waals surface area contributed by atoms with E-state index in [-0.39, 0.29) is 35.6 Å². The van der Waals surface area contributed by atoms with Crippen LogP contribution >= 0.6 is 24.0 Å². The van der Waals surface area contributed by atoms with Crippen LogP contribution < -0.4 is 15.4 Å². The van der Waals surface area contributed by atoms with Crippen molar-refractivity contribution in [2.24, 2.45) is 10.9 Å². The first kappa shape index (κ1) is 20.0. The van der Waals surface area contributed by atoms with E-state index in [1.165, 1.54) is 0 Å². The van der Waals surface area contributed by atoms with Crippen LogP contribution in [0.3, 0.4) is 0 Å². The molecule has 2 rings (SSSR count). The molecule has 0 radical (unpaired) electrons. The van der Waals surface area contributed by atoms with Crippen molar-refractivity contribution in [1.29, 1.82) is 0 Å². The highest BCUT2D eigenvalue weighted by molar-refractivity contribution is 14.0. The summed E-state index contributed by atoms with van der Waals surface area (Å²) in [4.78, 5) is 4.16. The predicted molar refractivity (Wildman–Crippen MR) is 103 cm³/mol. The number of nitrogens with one attached hydrogen (secondary N) is 2. The van der Waals surface area contributed by atoms with E-state index >= 15 is 0 Å². The lowest BCUT2D eigenvalue weighted by Crippen LogP contribution is -2.39. The van der Waals surface area contributed by atoms with E-state index in [1.807, 2.05) is 24.3 Å². The molecule has 0 spiro atoms. The Bertz CT molecular complexity index is 635. The van der Waals surface area contributed by atoms with E-state index in [9.17, 15) is 8.42 Å². The van der Waals surface area contributed by atoms with Crippen LogP contribution in [0, 0.1) is 5.92 Å². The fourth-order valence-electron chi connectivity index (χ4n) is 2.46. The minimum absolute atomic E-state index is 0. The third-order valence-corrected chi connectivity index (χ3v) is 5.54. The van der Waals surface area contributed by atoms with E-state index in [0.717, 1.165) is 17.7 Å². The topological polar surface area (TPSA) is 79.8 Å². The summed E-state index contributed by atoms with van der Waals surface area (Å²) in [6, 6.07) is 7.81. The summed E-state index contributed by atoms with van der Waals surface area (Å²) < 4.78 is 28.1. The summed E-state index contributed by atoms with van der Waals surface area (Å²) in [6.45, 7) is 1.25. The molecule has 6 nitrogen and oxygen atoms in total. The van der Waals surface area contributed by atoms with E-state index in [4.69, 9.17) is 4.74 Å². The van der Waals surface area contributed by atoms with Crippen LogP contribution in [0.2, 0.25) is 0 Å². The van der Waals surface area contributed by atoms with Crippen LogP contribution in [-0.2, 0) is 16.4 Å². The van der Waals surface area contributed by atoms with Crippen LogP contribution in [0.4, 0.5) is 0 Å². The molecule has 1 aromatic carbocycles. The average molecular weight is 453 g/mol. The minimum Gasteiger partial charge on any atom is -0.497 e. The fourth-order valence-corrected chi connectivity index (χ4v) is 4.32. The van der Waals surface area contributed by atoms with Crippen LogP contribution in [0.1, 0.15) is 12.0 Å². The van der Waals surface area contributed by atoms with Gasteiger partial charge < -0.3 is 15.4 Å². The molecule has 1 atom stereocenters.